The predicted molar refractivity (Wildman–Crippen MR) is 283 cm³/mol. The molecule has 3 aliphatic rings. The summed E-state index contributed by atoms with van der Waals surface area (Å²) < 4.78 is 23.4. The van der Waals surface area contributed by atoms with Crippen molar-refractivity contribution >= 4 is 40.9 Å². The van der Waals surface area contributed by atoms with E-state index in [1.807, 2.05) is 43.3 Å². The molecule has 0 radical (unpaired) electrons. The monoisotopic (exact) mass is 1030 g/mol. The SMILES string of the molecule is CCc1c(C(N)=O)ccc(-c2cccc(OCCCCCCOCCOCCOCCCCCC(=O)Nc3cccc4c3CN(C3CCC(=O)NC3=O)C4=O)c2)c1NC1(c2nc(-c3ccncc3)n[nH]2)CCNCC1. The number of unbranched alkanes of at least 4 members (excludes halogenated alkanes) is 5. The van der Waals surface area contributed by atoms with E-state index < -0.39 is 23.4 Å². The Balaban J connectivity index is 0.676. The number of pyridine rings is 1. The number of H-pyrrole nitrogens is 1. The summed E-state index contributed by atoms with van der Waals surface area (Å²) in [6, 6.07) is 20.1. The number of fused-ring (bicyclic) bond motifs is 1. The van der Waals surface area contributed by atoms with Crippen LogP contribution in [0.4, 0.5) is 11.4 Å². The Morgan fingerprint density at radius 1 is 0.800 bits per heavy atom. The van der Waals surface area contributed by atoms with Crippen LogP contribution in [0, 0.1) is 0 Å². The van der Waals surface area contributed by atoms with Crippen LogP contribution in [0.25, 0.3) is 22.5 Å². The second kappa shape index (κ2) is 26.9. The zero-order valence-electron chi connectivity index (χ0n) is 42.9. The quantitative estimate of drug-likeness (QED) is 0.0212. The Labute approximate surface area is 437 Å². The van der Waals surface area contributed by atoms with Crippen LogP contribution in [0.15, 0.2) is 79.1 Å². The molecule has 398 valence electrons. The summed E-state index contributed by atoms with van der Waals surface area (Å²) in [5.74, 6) is 0.415. The largest absolute Gasteiger partial charge is 0.494 e. The van der Waals surface area contributed by atoms with Crippen molar-refractivity contribution in [1.29, 1.82) is 0 Å². The van der Waals surface area contributed by atoms with E-state index >= 15 is 0 Å². The number of nitrogens with one attached hydrogen (secondary N) is 5. The standard InChI is InChI=1S/C56H70N10O9/c1-2-41-43(51(57)69)18-17-42(50(41)63-56(23-27-59-28-24-56)55-62-52(64-65-55)38-21-25-58-26-22-38)39-12-10-13-40(36-39)75-31-9-4-3-7-29-72-32-34-74-35-33-73-30-8-5-6-16-48(67)60-46-15-11-14-44-45(46)37-66(54(44)71)47-19-20-49(68)61-53(47)70/h10-15,17-18,21-22,25-26,36,47,59,63H,2-9,16,19-20,23-24,27-35,37H2,1H3,(H2,57,69)(H,60,67)(H,61,68,70)(H,62,64,65). The highest BCUT2D eigenvalue weighted by Crippen LogP contribution is 2.42. The average molecular weight is 1030 g/mol. The molecule has 1 atom stereocenters. The van der Waals surface area contributed by atoms with Crippen molar-refractivity contribution in [3.8, 4) is 28.3 Å². The fourth-order valence-electron chi connectivity index (χ4n) is 9.98. The van der Waals surface area contributed by atoms with Crippen molar-refractivity contribution in [2.45, 2.75) is 109 Å². The lowest BCUT2D eigenvalue weighted by molar-refractivity contribution is -0.137. The van der Waals surface area contributed by atoms with Gasteiger partial charge in [-0.2, -0.15) is 5.10 Å². The molecular weight excluding hydrogens is 957 g/mol. The first kappa shape index (κ1) is 54.2. The van der Waals surface area contributed by atoms with Crippen LogP contribution < -0.4 is 31.7 Å². The maximum Gasteiger partial charge on any atom is 0.255 e. The van der Waals surface area contributed by atoms with Gasteiger partial charge in [-0.3, -0.25) is 39.4 Å². The highest BCUT2D eigenvalue weighted by molar-refractivity contribution is 6.07. The first-order valence-electron chi connectivity index (χ1n) is 26.4. The van der Waals surface area contributed by atoms with Crippen LogP contribution in [-0.2, 0) is 47.1 Å². The van der Waals surface area contributed by atoms with Crippen molar-refractivity contribution in [3.05, 3.63) is 107 Å². The van der Waals surface area contributed by atoms with Crippen LogP contribution in [0.3, 0.4) is 0 Å². The van der Waals surface area contributed by atoms with E-state index in [1.165, 1.54) is 4.90 Å². The number of benzene rings is 3. The molecule has 5 aromatic rings. The summed E-state index contributed by atoms with van der Waals surface area (Å²) in [6.07, 6.45) is 12.6. The second-order valence-corrected chi connectivity index (χ2v) is 19.2. The number of ether oxygens (including phenoxy) is 4. The Morgan fingerprint density at radius 2 is 1.51 bits per heavy atom. The van der Waals surface area contributed by atoms with Crippen molar-refractivity contribution in [2.24, 2.45) is 5.73 Å². The van der Waals surface area contributed by atoms with E-state index in [-0.39, 0.29) is 37.1 Å². The molecule has 7 N–H and O–H groups in total. The van der Waals surface area contributed by atoms with Gasteiger partial charge in [0.15, 0.2) is 11.6 Å². The molecule has 0 aliphatic carbocycles. The Bertz CT molecular complexity index is 2740. The van der Waals surface area contributed by atoms with Crippen molar-refractivity contribution in [2.75, 3.05) is 70.0 Å². The number of hydrogen-bond acceptors (Lipinski definition) is 14. The highest BCUT2D eigenvalue weighted by Gasteiger charge is 2.41. The zero-order valence-corrected chi connectivity index (χ0v) is 42.9. The molecule has 19 heteroatoms. The fraction of sp³-hybridized carbons (Fsp3) is 0.464. The van der Waals surface area contributed by atoms with Crippen molar-refractivity contribution in [3.63, 3.8) is 0 Å². The zero-order chi connectivity index (χ0) is 52.4. The maximum atomic E-state index is 13.1. The van der Waals surface area contributed by atoms with E-state index in [4.69, 9.17) is 29.7 Å². The van der Waals surface area contributed by atoms with Crippen LogP contribution in [0.5, 0.6) is 5.75 Å². The third-order valence-electron chi connectivity index (χ3n) is 14.0. The summed E-state index contributed by atoms with van der Waals surface area (Å²) in [7, 11) is 0. The van der Waals surface area contributed by atoms with Gasteiger partial charge in [-0.25, -0.2) is 4.98 Å². The van der Waals surface area contributed by atoms with Crippen LogP contribution >= 0.6 is 0 Å². The van der Waals surface area contributed by atoms with E-state index in [2.05, 4.69) is 48.6 Å². The number of aromatic amines is 1. The van der Waals surface area contributed by atoms with Gasteiger partial charge in [-0.05, 0) is 124 Å². The molecule has 2 aromatic heterocycles. The first-order valence-corrected chi connectivity index (χ1v) is 26.4. The summed E-state index contributed by atoms with van der Waals surface area (Å²) in [5.41, 5.74) is 12.0. The number of amides is 5. The summed E-state index contributed by atoms with van der Waals surface area (Å²) in [5, 5.41) is 20.5. The summed E-state index contributed by atoms with van der Waals surface area (Å²) in [4.78, 5) is 73.2. The molecule has 0 bridgehead atoms. The van der Waals surface area contributed by atoms with Gasteiger partial charge in [0.2, 0.25) is 23.6 Å². The summed E-state index contributed by atoms with van der Waals surface area (Å²) >= 11 is 0. The lowest BCUT2D eigenvalue weighted by atomic mass is 9.85. The number of nitrogens with two attached hydrogens (primary N) is 1. The number of rotatable bonds is 29. The average Bonchev–Trinajstić information content (AvgIpc) is 4.07. The molecule has 75 heavy (non-hydrogen) atoms. The molecule has 2 saturated heterocycles. The van der Waals surface area contributed by atoms with Gasteiger partial charge < -0.3 is 45.5 Å². The van der Waals surface area contributed by atoms with Gasteiger partial charge in [-0.15, -0.1) is 0 Å². The number of primary amides is 1. The minimum absolute atomic E-state index is 0.137. The number of carbonyl (C=O) groups is 5. The molecular formula is C56H70N10O9. The van der Waals surface area contributed by atoms with Gasteiger partial charge in [0.05, 0.1) is 38.6 Å². The highest BCUT2D eigenvalue weighted by atomic mass is 16.5. The normalized spacial score (nSPS) is 16.1. The molecule has 0 saturated carbocycles. The number of carbonyl (C=O) groups excluding carboxylic acids is 5. The van der Waals surface area contributed by atoms with Gasteiger partial charge in [-0.1, -0.05) is 44.0 Å². The fourth-order valence-corrected chi connectivity index (χ4v) is 9.98. The third kappa shape index (κ3) is 14.2. The van der Waals surface area contributed by atoms with E-state index in [1.54, 1.807) is 30.6 Å². The predicted octanol–water partition coefficient (Wildman–Crippen LogP) is 6.83. The molecule has 3 aromatic carbocycles. The molecule has 5 heterocycles. The van der Waals surface area contributed by atoms with E-state index in [0.717, 1.165) is 104 Å². The Hall–Kier alpha value is -7.06. The molecule has 1 unspecified atom stereocenters. The van der Waals surface area contributed by atoms with Gasteiger partial charge in [0.25, 0.3) is 5.91 Å². The van der Waals surface area contributed by atoms with Crippen LogP contribution in [-0.4, -0.2) is 120 Å². The Morgan fingerprint density at radius 3 is 2.23 bits per heavy atom. The molecule has 5 amide bonds. The number of hydrogen-bond donors (Lipinski definition) is 6. The number of nitrogens with zero attached hydrogens (tertiary/aromatic N) is 4. The van der Waals surface area contributed by atoms with Crippen LogP contribution in [0.2, 0.25) is 0 Å². The van der Waals surface area contributed by atoms with Crippen LogP contribution in [0.1, 0.15) is 122 Å². The minimum Gasteiger partial charge on any atom is -0.494 e. The minimum atomic E-state index is -0.708. The van der Waals surface area contributed by atoms with Crippen molar-refractivity contribution < 1.29 is 42.9 Å². The first-order chi connectivity index (χ1) is 36.6. The molecule has 2 fully saturated rings. The summed E-state index contributed by atoms with van der Waals surface area (Å²) in [6.45, 7) is 7.62. The molecule has 8 rings (SSSR count). The lowest BCUT2D eigenvalue weighted by Crippen LogP contribution is -2.52. The number of aromatic nitrogens is 4. The van der Waals surface area contributed by atoms with E-state index in [0.29, 0.717) is 93.7 Å². The molecule has 0 spiro atoms. The maximum absolute atomic E-state index is 13.1. The lowest BCUT2D eigenvalue weighted by Gasteiger charge is -2.39. The number of anilines is 2. The van der Waals surface area contributed by atoms with E-state index in [9.17, 15) is 24.0 Å². The number of piperidine rings is 2. The second-order valence-electron chi connectivity index (χ2n) is 19.2. The van der Waals surface area contributed by atoms with Gasteiger partial charge in [0.1, 0.15) is 11.8 Å². The van der Waals surface area contributed by atoms with Gasteiger partial charge >= 0.3 is 0 Å². The smallest absolute Gasteiger partial charge is 0.255 e. The topological polar surface area (TPSA) is 254 Å². The molecule has 3 aliphatic heterocycles. The van der Waals surface area contributed by atoms with Crippen molar-refractivity contribution in [1.82, 2.24) is 35.7 Å². The molecule has 19 nitrogen and oxygen atoms in total. The number of imide groups is 1. The Kier molecular flexibility index (Phi) is 19.5. The third-order valence-corrected chi connectivity index (χ3v) is 14.0. The van der Waals surface area contributed by atoms with Gasteiger partial charge in [0, 0.05) is 84.2 Å².